The lowest BCUT2D eigenvalue weighted by Gasteiger charge is -2.39. The van der Waals surface area contributed by atoms with Gasteiger partial charge < -0.3 is 10.2 Å². The van der Waals surface area contributed by atoms with Crippen molar-refractivity contribution in [1.29, 1.82) is 0 Å². The normalized spacial score (nSPS) is 25.1. The molecule has 2 rings (SSSR count). The second-order valence-corrected chi connectivity index (χ2v) is 4.47. The lowest BCUT2D eigenvalue weighted by atomic mass is 10.1. The van der Waals surface area contributed by atoms with Crippen molar-refractivity contribution >= 4 is 18.1 Å². The van der Waals surface area contributed by atoms with Crippen LogP contribution in [0.3, 0.4) is 0 Å². The Morgan fingerprint density at radius 3 is 2.88 bits per heavy atom. The Morgan fingerprint density at radius 2 is 2.19 bits per heavy atom. The molecule has 0 radical (unpaired) electrons. The molecule has 1 fully saturated rings. The Hall–Kier alpha value is -0.800. The molecule has 1 aliphatic rings. The highest BCUT2D eigenvalue weighted by Gasteiger charge is 2.23. The SMILES string of the molecule is Cc1cnccc1N1CC(C)NCC1C.Cl. The van der Waals surface area contributed by atoms with E-state index in [1.54, 1.807) is 0 Å². The van der Waals surface area contributed by atoms with E-state index in [0.29, 0.717) is 12.1 Å². The van der Waals surface area contributed by atoms with Crippen LogP contribution < -0.4 is 10.2 Å². The van der Waals surface area contributed by atoms with E-state index < -0.39 is 0 Å². The summed E-state index contributed by atoms with van der Waals surface area (Å²) in [6, 6.07) is 3.24. The fraction of sp³-hybridized carbons (Fsp3) is 0.583. The minimum absolute atomic E-state index is 0. The zero-order chi connectivity index (χ0) is 10.8. The summed E-state index contributed by atoms with van der Waals surface area (Å²) in [5.74, 6) is 0. The molecule has 1 saturated heterocycles. The van der Waals surface area contributed by atoms with Crippen LogP contribution in [0, 0.1) is 6.92 Å². The van der Waals surface area contributed by atoms with Crippen LogP contribution in [-0.4, -0.2) is 30.2 Å². The van der Waals surface area contributed by atoms with Crippen LogP contribution in [0.2, 0.25) is 0 Å². The molecule has 1 N–H and O–H groups in total. The molecule has 1 aromatic heterocycles. The van der Waals surface area contributed by atoms with Crippen LogP contribution in [-0.2, 0) is 0 Å². The van der Waals surface area contributed by atoms with Crippen molar-refractivity contribution in [1.82, 2.24) is 10.3 Å². The molecular weight excluding hydrogens is 222 g/mol. The highest BCUT2D eigenvalue weighted by Crippen LogP contribution is 2.22. The van der Waals surface area contributed by atoms with Crippen molar-refractivity contribution < 1.29 is 0 Å². The monoisotopic (exact) mass is 241 g/mol. The summed E-state index contributed by atoms with van der Waals surface area (Å²) in [4.78, 5) is 6.61. The van der Waals surface area contributed by atoms with Gasteiger partial charge in [-0.2, -0.15) is 0 Å². The maximum absolute atomic E-state index is 4.14. The van der Waals surface area contributed by atoms with E-state index in [-0.39, 0.29) is 12.4 Å². The molecule has 0 aliphatic carbocycles. The van der Waals surface area contributed by atoms with Crippen LogP contribution >= 0.6 is 12.4 Å². The summed E-state index contributed by atoms with van der Waals surface area (Å²) in [6.07, 6.45) is 3.82. The highest BCUT2D eigenvalue weighted by molar-refractivity contribution is 5.85. The Bertz CT molecular complexity index is 343. The molecule has 2 unspecified atom stereocenters. The molecule has 2 heterocycles. The third-order valence-corrected chi connectivity index (χ3v) is 3.06. The highest BCUT2D eigenvalue weighted by atomic mass is 35.5. The van der Waals surface area contributed by atoms with E-state index in [0.717, 1.165) is 13.1 Å². The Balaban J connectivity index is 0.00000128. The number of pyridine rings is 1. The van der Waals surface area contributed by atoms with E-state index in [2.05, 4.69) is 42.0 Å². The molecular formula is C12H20ClN3. The third-order valence-electron chi connectivity index (χ3n) is 3.06. The van der Waals surface area contributed by atoms with Crippen LogP contribution in [0.15, 0.2) is 18.5 Å². The minimum Gasteiger partial charge on any atom is -0.366 e. The van der Waals surface area contributed by atoms with Crippen molar-refractivity contribution in [3.63, 3.8) is 0 Å². The topological polar surface area (TPSA) is 28.2 Å². The molecule has 0 saturated carbocycles. The number of halogens is 1. The standard InChI is InChI=1S/C12H19N3.ClH/c1-9-6-13-5-4-12(9)15-8-10(2)14-7-11(15)3;/h4-6,10-11,14H,7-8H2,1-3H3;1H. The second-order valence-electron chi connectivity index (χ2n) is 4.47. The smallest absolute Gasteiger partial charge is 0.0430 e. The number of aryl methyl sites for hydroxylation is 1. The Kier molecular flexibility index (Phi) is 4.56. The van der Waals surface area contributed by atoms with Gasteiger partial charge in [0.1, 0.15) is 0 Å². The fourth-order valence-electron chi connectivity index (χ4n) is 2.15. The molecule has 0 aromatic carbocycles. The van der Waals surface area contributed by atoms with E-state index >= 15 is 0 Å². The molecule has 1 aromatic rings. The van der Waals surface area contributed by atoms with Gasteiger partial charge in [-0.05, 0) is 32.4 Å². The van der Waals surface area contributed by atoms with Gasteiger partial charge in [-0.3, -0.25) is 4.98 Å². The molecule has 0 amide bonds. The van der Waals surface area contributed by atoms with Gasteiger partial charge in [0.05, 0.1) is 0 Å². The maximum Gasteiger partial charge on any atom is 0.0430 e. The van der Waals surface area contributed by atoms with Crippen molar-refractivity contribution in [2.45, 2.75) is 32.9 Å². The van der Waals surface area contributed by atoms with Gasteiger partial charge in [0.25, 0.3) is 0 Å². The van der Waals surface area contributed by atoms with E-state index in [1.807, 2.05) is 12.4 Å². The van der Waals surface area contributed by atoms with Gasteiger partial charge in [-0.15, -0.1) is 12.4 Å². The van der Waals surface area contributed by atoms with Crippen molar-refractivity contribution in [3.05, 3.63) is 24.0 Å². The average molecular weight is 242 g/mol. The predicted molar refractivity (Wildman–Crippen MR) is 70.5 cm³/mol. The average Bonchev–Trinajstić information content (AvgIpc) is 2.23. The second kappa shape index (κ2) is 5.51. The first-order valence-corrected chi connectivity index (χ1v) is 5.59. The number of hydrogen-bond acceptors (Lipinski definition) is 3. The Labute approximate surface area is 104 Å². The fourth-order valence-corrected chi connectivity index (χ4v) is 2.15. The first-order chi connectivity index (χ1) is 7.18. The van der Waals surface area contributed by atoms with Gasteiger partial charge >= 0.3 is 0 Å². The van der Waals surface area contributed by atoms with Crippen molar-refractivity contribution in [2.24, 2.45) is 0 Å². The minimum atomic E-state index is 0. The number of hydrogen-bond donors (Lipinski definition) is 1. The number of anilines is 1. The van der Waals surface area contributed by atoms with Gasteiger partial charge in [0, 0.05) is 43.3 Å². The van der Waals surface area contributed by atoms with Gasteiger partial charge in [0.2, 0.25) is 0 Å². The summed E-state index contributed by atoms with van der Waals surface area (Å²) < 4.78 is 0. The van der Waals surface area contributed by atoms with E-state index in [9.17, 15) is 0 Å². The van der Waals surface area contributed by atoms with Crippen molar-refractivity contribution in [2.75, 3.05) is 18.0 Å². The van der Waals surface area contributed by atoms with Crippen LogP contribution in [0.5, 0.6) is 0 Å². The largest absolute Gasteiger partial charge is 0.366 e. The van der Waals surface area contributed by atoms with Gasteiger partial charge in [-0.25, -0.2) is 0 Å². The summed E-state index contributed by atoms with van der Waals surface area (Å²) in [7, 11) is 0. The lowest BCUT2D eigenvalue weighted by molar-refractivity contribution is 0.424. The van der Waals surface area contributed by atoms with Crippen LogP contribution in [0.4, 0.5) is 5.69 Å². The first kappa shape index (κ1) is 13.3. The lowest BCUT2D eigenvalue weighted by Crippen LogP contribution is -2.54. The molecule has 16 heavy (non-hydrogen) atoms. The molecule has 0 spiro atoms. The van der Waals surface area contributed by atoms with Crippen LogP contribution in [0.25, 0.3) is 0 Å². The third kappa shape index (κ3) is 2.66. The molecule has 1 aliphatic heterocycles. The van der Waals surface area contributed by atoms with E-state index in [4.69, 9.17) is 0 Å². The van der Waals surface area contributed by atoms with Gasteiger partial charge in [0.15, 0.2) is 0 Å². The number of nitrogens with one attached hydrogen (secondary N) is 1. The number of nitrogens with zero attached hydrogens (tertiary/aromatic N) is 2. The molecule has 0 bridgehead atoms. The summed E-state index contributed by atoms with van der Waals surface area (Å²) >= 11 is 0. The van der Waals surface area contributed by atoms with Gasteiger partial charge in [-0.1, -0.05) is 0 Å². The van der Waals surface area contributed by atoms with Crippen LogP contribution in [0.1, 0.15) is 19.4 Å². The quantitative estimate of drug-likeness (QED) is 0.815. The summed E-state index contributed by atoms with van der Waals surface area (Å²) in [5.41, 5.74) is 2.59. The molecule has 4 heteroatoms. The zero-order valence-corrected chi connectivity index (χ0v) is 10.9. The molecule has 90 valence electrons. The summed E-state index contributed by atoms with van der Waals surface area (Å²) in [5, 5.41) is 3.49. The number of rotatable bonds is 1. The first-order valence-electron chi connectivity index (χ1n) is 5.59. The number of aromatic nitrogens is 1. The number of piperazine rings is 1. The zero-order valence-electron chi connectivity index (χ0n) is 10.1. The molecule has 3 nitrogen and oxygen atoms in total. The predicted octanol–water partition coefficient (Wildman–Crippen LogP) is 2.00. The van der Waals surface area contributed by atoms with E-state index in [1.165, 1.54) is 11.3 Å². The maximum atomic E-state index is 4.14. The molecule has 2 atom stereocenters. The Morgan fingerprint density at radius 1 is 1.44 bits per heavy atom. The van der Waals surface area contributed by atoms with Crippen molar-refractivity contribution in [3.8, 4) is 0 Å². The summed E-state index contributed by atoms with van der Waals surface area (Å²) in [6.45, 7) is 8.75.